The first-order valence-electron chi connectivity index (χ1n) is 6.97. The topological polar surface area (TPSA) is 70.9 Å². The highest BCUT2D eigenvalue weighted by atomic mass is 19.1. The van der Waals surface area contributed by atoms with Gasteiger partial charge in [-0.1, -0.05) is 5.16 Å². The number of rotatable bonds is 3. The quantitative estimate of drug-likeness (QED) is 0.779. The Morgan fingerprint density at radius 2 is 2.09 bits per heavy atom. The first-order chi connectivity index (χ1) is 10.4. The van der Waals surface area contributed by atoms with Gasteiger partial charge >= 0.3 is 0 Å². The normalized spacial score (nSPS) is 12.5. The third-order valence-corrected chi connectivity index (χ3v) is 3.54. The van der Waals surface area contributed by atoms with E-state index in [1.807, 2.05) is 19.1 Å². The Bertz CT molecular complexity index is 850. The number of amides is 1. The third kappa shape index (κ3) is 2.59. The molecule has 0 fully saturated rings. The summed E-state index contributed by atoms with van der Waals surface area (Å²) in [6.07, 6.45) is 0. The Labute approximate surface area is 126 Å². The maximum absolute atomic E-state index is 14.1. The fraction of sp³-hybridized carbons (Fsp3) is 0.250. The molecule has 114 valence electrons. The van der Waals surface area contributed by atoms with Crippen molar-refractivity contribution in [3.63, 3.8) is 0 Å². The van der Waals surface area contributed by atoms with Gasteiger partial charge in [-0.3, -0.25) is 4.79 Å². The van der Waals surface area contributed by atoms with E-state index in [-0.39, 0.29) is 23.5 Å². The van der Waals surface area contributed by atoms with Crippen molar-refractivity contribution >= 4 is 16.8 Å². The van der Waals surface area contributed by atoms with Crippen molar-refractivity contribution in [2.75, 3.05) is 0 Å². The second kappa shape index (κ2) is 5.29. The number of fused-ring (bicyclic) bond motifs is 1. The highest BCUT2D eigenvalue weighted by Gasteiger charge is 2.17. The standard InChI is InChI=1S/C16H16FN3O2/c1-8-4-12-6-11(7-13(17)15(12)18-8)10(3)19-16(21)14-5-9(2)20-22-14/h4-7,10,18H,1-3H3,(H,19,21)/t10-/m1/s1. The van der Waals surface area contributed by atoms with E-state index in [9.17, 15) is 9.18 Å². The molecule has 0 spiro atoms. The van der Waals surface area contributed by atoms with Crippen LogP contribution < -0.4 is 5.32 Å². The molecule has 0 saturated carbocycles. The maximum Gasteiger partial charge on any atom is 0.290 e. The fourth-order valence-electron chi connectivity index (χ4n) is 2.43. The average molecular weight is 301 g/mol. The minimum atomic E-state index is -0.376. The molecular formula is C16H16FN3O2. The molecule has 6 heteroatoms. The summed E-state index contributed by atoms with van der Waals surface area (Å²) in [6.45, 7) is 5.40. The highest BCUT2D eigenvalue weighted by Crippen LogP contribution is 2.24. The number of halogens is 1. The molecule has 0 aliphatic rings. The molecular weight excluding hydrogens is 285 g/mol. The van der Waals surface area contributed by atoms with Gasteiger partial charge in [0.25, 0.3) is 5.91 Å². The van der Waals surface area contributed by atoms with E-state index in [1.54, 1.807) is 19.9 Å². The van der Waals surface area contributed by atoms with Crippen LogP contribution in [0.3, 0.4) is 0 Å². The van der Waals surface area contributed by atoms with E-state index >= 15 is 0 Å². The van der Waals surface area contributed by atoms with Crippen molar-refractivity contribution in [1.82, 2.24) is 15.5 Å². The molecule has 0 aliphatic carbocycles. The summed E-state index contributed by atoms with van der Waals surface area (Å²) in [7, 11) is 0. The smallest absolute Gasteiger partial charge is 0.290 e. The number of carbonyl (C=O) groups is 1. The van der Waals surface area contributed by atoms with E-state index in [1.165, 1.54) is 6.07 Å². The maximum atomic E-state index is 14.1. The molecule has 0 radical (unpaired) electrons. The number of H-pyrrole nitrogens is 1. The summed E-state index contributed by atoms with van der Waals surface area (Å²) >= 11 is 0. The summed E-state index contributed by atoms with van der Waals surface area (Å²) in [6, 6.07) is 6.36. The van der Waals surface area contributed by atoms with Gasteiger partial charge in [0.15, 0.2) is 0 Å². The van der Waals surface area contributed by atoms with Gasteiger partial charge in [0.2, 0.25) is 5.76 Å². The molecule has 3 aromatic rings. The fourth-order valence-corrected chi connectivity index (χ4v) is 2.43. The van der Waals surface area contributed by atoms with E-state index < -0.39 is 0 Å². The molecule has 2 aromatic heterocycles. The van der Waals surface area contributed by atoms with Crippen LogP contribution in [0.4, 0.5) is 4.39 Å². The molecule has 0 aliphatic heterocycles. The zero-order valence-corrected chi connectivity index (χ0v) is 12.5. The molecule has 2 N–H and O–H groups in total. The van der Waals surface area contributed by atoms with Crippen LogP contribution in [0.15, 0.2) is 28.8 Å². The first kappa shape index (κ1) is 14.3. The van der Waals surface area contributed by atoms with E-state index in [0.29, 0.717) is 16.8 Å². The lowest BCUT2D eigenvalue weighted by molar-refractivity contribution is 0.0902. The van der Waals surface area contributed by atoms with Gasteiger partial charge in [-0.25, -0.2) is 4.39 Å². The van der Waals surface area contributed by atoms with Crippen molar-refractivity contribution in [2.24, 2.45) is 0 Å². The number of benzene rings is 1. The zero-order valence-electron chi connectivity index (χ0n) is 12.5. The van der Waals surface area contributed by atoms with Gasteiger partial charge in [-0.15, -0.1) is 0 Å². The van der Waals surface area contributed by atoms with Crippen molar-refractivity contribution in [3.8, 4) is 0 Å². The molecule has 1 amide bonds. The Kier molecular flexibility index (Phi) is 3.44. The highest BCUT2D eigenvalue weighted by molar-refractivity contribution is 5.91. The first-order valence-corrected chi connectivity index (χ1v) is 6.97. The Hall–Kier alpha value is -2.63. The van der Waals surface area contributed by atoms with Crippen LogP contribution in [0.5, 0.6) is 0 Å². The molecule has 0 unspecified atom stereocenters. The Morgan fingerprint density at radius 3 is 2.77 bits per heavy atom. The van der Waals surface area contributed by atoms with Gasteiger partial charge in [0, 0.05) is 17.1 Å². The largest absolute Gasteiger partial charge is 0.356 e. The Morgan fingerprint density at radius 1 is 1.32 bits per heavy atom. The number of nitrogens with zero attached hydrogens (tertiary/aromatic N) is 1. The molecule has 1 atom stereocenters. The lowest BCUT2D eigenvalue weighted by Crippen LogP contribution is -2.26. The third-order valence-electron chi connectivity index (χ3n) is 3.54. The monoisotopic (exact) mass is 301 g/mol. The van der Waals surface area contributed by atoms with Crippen LogP contribution in [0, 0.1) is 19.7 Å². The lowest BCUT2D eigenvalue weighted by Gasteiger charge is -2.13. The summed E-state index contributed by atoms with van der Waals surface area (Å²) in [5, 5.41) is 7.23. The summed E-state index contributed by atoms with van der Waals surface area (Å²) in [5.74, 6) is -0.570. The Balaban J connectivity index is 1.85. The minimum Gasteiger partial charge on any atom is -0.356 e. The molecule has 1 aromatic carbocycles. The lowest BCUT2D eigenvalue weighted by atomic mass is 10.1. The SMILES string of the molecule is Cc1cc(C(=O)N[C@H](C)c2cc(F)c3[nH]c(C)cc3c2)on1. The summed E-state index contributed by atoms with van der Waals surface area (Å²) in [5.41, 5.74) is 2.69. The number of aromatic nitrogens is 2. The number of nitrogens with one attached hydrogen (secondary N) is 2. The van der Waals surface area contributed by atoms with E-state index in [0.717, 1.165) is 11.1 Å². The predicted octanol–water partition coefficient (Wildman–Crippen LogP) is 3.40. The second-order valence-corrected chi connectivity index (χ2v) is 5.45. The van der Waals surface area contributed by atoms with Crippen molar-refractivity contribution < 1.29 is 13.7 Å². The van der Waals surface area contributed by atoms with Crippen LogP contribution in [-0.2, 0) is 0 Å². The number of hydrogen-bond donors (Lipinski definition) is 2. The van der Waals surface area contributed by atoms with Crippen molar-refractivity contribution in [1.29, 1.82) is 0 Å². The molecule has 5 nitrogen and oxygen atoms in total. The van der Waals surface area contributed by atoms with Crippen molar-refractivity contribution in [3.05, 3.63) is 52.8 Å². The van der Waals surface area contributed by atoms with E-state index in [2.05, 4.69) is 15.5 Å². The van der Waals surface area contributed by atoms with Crippen LogP contribution in [0.25, 0.3) is 10.9 Å². The molecule has 22 heavy (non-hydrogen) atoms. The van der Waals surface area contributed by atoms with Gasteiger partial charge < -0.3 is 14.8 Å². The van der Waals surface area contributed by atoms with Gasteiger partial charge in [0.05, 0.1) is 17.3 Å². The molecule has 0 bridgehead atoms. The van der Waals surface area contributed by atoms with Gasteiger partial charge in [0.1, 0.15) is 5.82 Å². The van der Waals surface area contributed by atoms with Crippen molar-refractivity contribution in [2.45, 2.75) is 26.8 Å². The predicted molar refractivity (Wildman–Crippen MR) is 80.1 cm³/mol. The van der Waals surface area contributed by atoms with Gasteiger partial charge in [-0.2, -0.15) is 0 Å². The summed E-state index contributed by atoms with van der Waals surface area (Å²) < 4.78 is 19.0. The van der Waals surface area contributed by atoms with Crippen LogP contribution in [0.1, 0.15) is 40.5 Å². The molecule has 3 rings (SSSR count). The number of aromatic amines is 1. The summed E-state index contributed by atoms with van der Waals surface area (Å²) in [4.78, 5) is 15.0. The van der Waals surface area contributed by atoms with Crippen LogP contribution >= 0.6 is 0 Å². The zero-order chi connectivity index (χ0) is 15.9. The van der Waals surface area contributed by atoms with Gasteiger partial charge in [-0.05, 0) is 44.5 Å². The van der Waals surface area contributed by atoms with Crippen LogP contribution in [0.2, 0.25) is 0 Å². The number of hydrogen-bond acceptors (Lipinski definition) is 3. The average Bonchev–Trinajstić information content (AvgIpc) is 3.04. The minimum absolute atomic E-state index is 0.142. The molecule has 0 saturated heterocycles. The van der Waals surface area contributed by atoms with E-state index in [4.69, 9.17) is 4.52 Å². The van der Waals surface area contributed by atoms with Crippen LogP contribution in [-0.4, -0.2) is 16.0 Å². The second-order valence-electron chi connectivity index (χ2n) is 5.45. The number of carbonyl (C=O) groups excluding carboxylic acids is 1. The number of aryl methyl sites for hydroxylation is 2. The molecule has 2 heterocycles.